The van der Waals surface area contributed by atoms with Gasteiger partial charge in [-0.25, -0.2) is 19.6 Å². The minimum Gasteiger partial charge on any atom is -0.475 e. The largest absolute Gasteiger partial charge is 0.490 e. The molecule has 0 bridgehead atoms. The SMILES string of the molecule is Cc1cccc2c(=O)[nH]c(CSC3CCC(CN)CC3)nc12.Cc1cccc2c(=O)[nH]c(CSC3CCC(CN)CC3)nc12.O=C(O)C(F)(F)F.O=C(O)C(F)(F)F. The number of benzene rings is 2. The Morgan fingerprint density at radius 1 is 0.655 bits per heavy atom. The number of fused-ring (bicyclic) bond motifs is 2. The van der Waals surface area contributed by atoms with E-state index in [0.29, 0.717) is 33.1 Å². The molecule has 12 nitrogen and oxygen atoms in total. The fourth-order valence-electron chi connectivity index (χ4n) is 6.30. The third kappa shape index (κ3) is 15.2. The molecule has 2 aromatic heterocycles. The number of aromatic amines is 2. The van der Waals surface area contributed by atoms with E-state index >= 15 is 0 Å². The van der Waals surface area contributed by atoms with Gasteiger partial charge >= 0.3 is 24.3 Å². The number of carboxylic acids is 2. The topological polar surface area (TPSA) is 218 Å². The van der Waals surface area contributed by atoms with Crippen LogP contribution in [0, 0.1) is 25.7 Å². The van der Waals surface area contributed by atoms with Gasteiger partial charge in [0.1, 0.15) is 11.6 Å². The summed E-state index contributed by atoms with van der Waals surface area (Å²) in [5.41, 5.74) is 15.2. The Hall–Kier alpha value is -4.14. The molecule has 0 spiro atoms. The number of hydrogen-bond donors (Lipinski definition) is 6. The molecule has 0 saturated heterocycles. The molecule has 8 N–H and O–H groups in total. The van der Waals surface area contributed by atoms with Crippen LogP contribution in [0.3, 0.4) is 0 Å². The Morgan fingerprint density at radius 3 is 1.24 bits per heavy atom. The lowest BCUT2D eigenvalue weighted by atomic mass is 9.89. The van der Waals surface area contributed by atoms with Crippen LogP contribution in [-0.2, 0) is 21.1 Å². The standard InChI is InChI=1S/2C17H23N3OS.2C2HF3O2/c2*1-11-3-2-4-14-16(11)19-15(20-17(14)21)10-22-13-7-5-12(9-18)6-8-13;2*3-2(4,5)1(6)7/h2*2-4,12-13H,5-10,18H2,1H3,(H,19,20,21);2*(H,6,7). The number of nitrogens with two attached hydrogens (primary N) is 2. The lowest BCUT2D eigenvalue weighted by Gasteiger charge is -2.27. The smallest absolute Gasteiger partial charge is 0.475 e. The predicted molar refractivity (Wildman–Crippen MR) is 214 cm³/mol. The van der Waals surface area contributed by atoms with Gasteiger partial charge in [0.05, 0.1) is 33.3 Å². The summed E-state index contributed by atoms with van der Waals surface area (Å²) in [5.74, 6) is -0.971. The van der Waals surface area contributed by atoms with Crippen molar-refractivity contribution in [2.45, 2.75) is 99.6 Å². The number of hydrogen-bond acceptors (Lipinski definition) is 10. The molecule has 6 rings (SSSR count). The summed E-state index contributed by atoms with van der Waals surface area (Å²) in [4.78, 5) is 57.3. The first kappa shape index (κ1) is 48.2. The Kier molecular flexibility index (Phi) is 18.5. The van der Waals surface area contributed by atoms with Crippen LogP contribution in [0.5, 0.6) is 0 Å². The molecule has 2 aromatic carbocycles. The average Bonchev–Trinajstić information content (AvgIpc) is 3.17. The predicted octanol–water partition coefficient (Wildman–Crippen LogP) is 7.23. The number of rotatable bonds is 8. The van der Waals surface area contributed by atoms with E-state index in [4.69, 9.17) is 31.3 Å². The van der Waals surface area contributed by atoms with Crippen LogP contribution >= 0.6 is 23.5 Å². The molecule has 2 aliphatic carbocycles. The zero-order chi connectivity index (χ0) is 43.2. The van der Waals surface area contributed by atoms with E-state index in [2.05, 4.69) is 19.9 Å². The number of halogens is 6. The van der Waals surface area contributed by atoms with Crippen molar-refractivity contribution < 1.29 is 46.1 Å². The number of alkyl halides is 6. The maximum absolute atomic E-state index is 12.2. The van der Waals surface area contributed by atoms with Crippen LogP contribution in [0.15, 0.2) is 46.0 Å². The van der Waals surface area contributed by atoms with E-state index in [0.717, 1.165) is 58.4 Å². The molecule has 2 heterocycles. The molecule has 0 amide bonds. The summed E-state index contributed by atoms with van der Waals surface area (Å²) >= 11 is 3.83. The summed E-state index contributed by atoms with van der Waals surface area (Å²) in [6, 6.07) is 11.5. The fraction of sp³-hybridized carbons (Fsp3) is 0.526. The molecule has 0 atom stereocenters. The van der Waals surface area contributed by atoms with Crippen LogP contribution in [0.4, 0.5) is 26.3 Å². The maximum atomic E-state index is 12.2. The number of thioether (sulfide) groups is 2. The van der Waals surface area contributed by atoms with Crippen molar-refractivity contribution in [3.63, 3.8) is 0 Å². The summed E-state index contributed by atoms with van der Waals surface area (Å²) < 4.78 is 63.5. The van der Waals surface area contributed by atoms with E-state index in [1.54, 1.807) is 0 Å². The molecule has 0 unspecified atom stereocenters. The second kappa shape index (κ2) is 22.3. The summed E-state index contributed by atoms with van der Waals surface area (Å²) in [6.45, 7) is 5.63. The van der Waals surface area contributed by atoms with Gasteiger partial charge in [-0.15, -0.1) is 0 Å². The van der Waals surface area contributed by atoms with E-state index in [9.17, 15) is 35.9 Å². The number of aromatic nitrogens is 4. The van der Waals surface area contributed by atoms with Gasteiger partial charge in [0.15, 0.2) is 0 Å². The number of H-pyrrole nitrogens is 2. The molecular formula is C38H48F6N6O6S2. The highest BCUT2D eigenvalue weighted by molar-refractivity contribution is 7.99. The van der Waals surface area contributed by atoms with Crippen LogP contribution < -0.4 is 22.6 Å². The van der Waals surface area contributed by atoms with Gasteiger partial charge in [-0.3, -0.25) is 9.59 Å². The summed E-state index contributed by atoms with van der Waals surface area (Å²) in [7, 11) is 0. The third-order valence-corrected chi connectivity index (χ3v) is 12.4. The molecule has 4 aromatic rings. The van der Waals surface area contributed by atoms with Crippen molar-refractivity contribution in [1.29, 1.82) is 0 Å². The van der Waals surface area contributed by atoms with Gasteiger partial charge in [-0.2, -0.15) is 49.9 Å². The molecule has 0 radical (unpaired) electrons. The first-order valence-electron chi connectivity index (χ1n) is 18.4. The number of carboxylic acid groups (broad SMARTS) is 2. The van der Waals surface area contributed by atoms with Gasteiger partial charge in [-0.1, -0.05) is 24.3 Å². The van der Waals surface area contributed by atoms with Gasteiger partial charge in [0.2, 0.25) is 0 Å². The fourth-order valence-corrected chi connectivity index (χ4v) is 8.57. The van der Waals surface area contributed by atoms with Gasteiger partial charge in [0.25, 0.3) is 11.1 Å². The number of nitrogens with zero attached hydrogens (tertiary/aromatic N) is 2. The van der Waals surface area contributed by atoms with E-state index < -0.39 is 24.3 Å². The Labute approximate surface area is 338 Å². The second-order valence-corrected chi connectivity index (χ2v) is 16.5. The molecule has 20 heteroatoms. The molecular weight excluding hydrogens is 815 g/mol. The number of para-hydroxylation sites is 2. The highest BCUT2D eigenvalue weighted by Gasteiger charge is 2.39. The van der Waals surface area contributed by atoms with E-state index in [-0.39, 0.29) is 11.1 Å². The lowest BCUT2D eigenvalue weighted by Crippen LogP contribution is -2.22. The van der Waals surface area contributed by atoms with Crippen molar-refractivity contribution in [1.82, 2.24) is 19.9 Å². The Morgan fingerprint density at radius 2 is 0.966 bits per heavy atom. The van der Waals surface area contributed by atoms with Crippen molar-refractivity contribution in [3.8, 4) is 0 Å². The monoisotopic (exact) mass is 862 g/mol. The number of nitrogens with one attached hydrogen (secondary N) is 2. The van der Waals surface area contributed by atoms with Gasteiger partial charge in [-0.05, 0) is 113 Å². The Bertz CT molecular complexity index is 1930. The maximum Gasteiger partial charge on any atom is 0.490 e. The highest BCUT2D eigenvalue weighted by Crippen LogP contribution is 2.34. The molecule has 58 heavy (non-hydrogen) atoms. The molecule has 2 saturated carbocycles. The van der Waals surface area contributed by atoms with Gasteiger partial charge < -0.3 is 31.6 Å². The van der Waals surface area contributed by atoms with E-state index in [1.165, 1.54) is 51.4 Å². The van der Waals surface area contributed by atoms with Crippen molar-refractivity contribution in [2.24, 2.45) is 23.3 Å². The molecule has 0 aliphatic heterocycles. The average molecular weight is 863 g/mol. The van der Waals surface area contributed by atoms with Crippen LogP contribution in [0.2, 0.25) is 0 Å². The van der Waals surface area contributed by atoms with Crippen LogP contribution in [0.25, 0.3) is 21.8 Å². The van der Waals surface area contributed by atoms with Gasteiger partial charge in [0, 0.05) is 10.5 Å². The van der Waals surface area contributed by atoms with Crippen molar-refractivity contribution in [2.75, 3.05) is 13.1 Å². The Balaban J connectivity index is 0.000000235. The number of aliphatic carboxylic acids is 2. The molecule has 2 aliphatic rings. The second-order valence-electron chi connectivity index (χ2n) is 14.0. The summed E-state index contributed by atoms with van der Waals surface area (Å²) in [6.07, 6.45) is -0.340. The highest BCUT2D eigenvalue weighted by atomic mass is 32.2. The van der Waals surface area contributed by atoms with Crippen molar-refractivity contribution >= 4 is 57.3 Å². The first-order valence-corrected chi connectivity index (χ1v) is 20.5. The first-order chi connectivity index (χ1) is 27.2. The number of carbonyl (C=O) groups is 2. The number of aryl methyl sites for hydroxylation is 2. The minimum atomic E-state index is -5.08. The third-order valence-electron chi connectivity index (χ3n) is 9.62. The molecule has 320 valence electrons. The van der Waals surface area contributed by atoms with E-state index in [1.807, 2.05) is 73.8 Å². The zero-order valence-corrected chi connectivity index (χ0v) is 33.6. The lowest BCUT2D eigenvalue weighted by molar-refractivity contribution is -0.193. The minimum absolute atomic E-state index is 0.0314. The summed E-state index contributed by atoms with van der Waals surface area (Å²) in [5, 5.41) is 16.9. The molecule has 2 fully saturated rings. The van der Waals surface area contributed by atoms with Crippen LogP contribution in [-0.4, -0.2) is 78.0 Å². The quantitative estimate of drug-likeness (QED) is 0.0967. The van der Waals surface area contributed by atoms with Crippen molar-refractivity contribution in [3.05, 3.63) is 79.9 Å². The van der Waals surface area contributed by atoms with Crippen LogP contribution in [0.1, 0.15) is 74.1 Å². The normalized spacial score (nSPS) is 19.5. The zero-order valence-electron chi connectivity index (χ0n) is 31.9.